The fraction of sp³-hybridized carbons (Fsp3) is 0.0952. The van der Waals surface area contributed by atoms with E-state index < -0.39 is 6.04 Å². The van der Waals surface area contributed by atoms with Crippen LogP contribution < -0.4 is 5.32 Å². The average molecular weight is 454 g/mol. The normalized spacial score (nSPS) is 18.0. The summed E-state index contributed by atoms with van der Waals surface area (Å²) < 4.78 is 0.958. The summed E-state index contributed by atoms with van der Waals surface area (Å²) in [6.07, 6.45) is 3.59. The van der Waals surface area contributed by atoms with Crippen LogP contribution in [0.2, 0.25) is 0 Å². The van der Waals surface area contributed by atoms with Crippen molar-refractivity contribution in [2.45, 2.75) is 6.04 Å². The van der Waals surface area contributed by atoms with E-state index in [2.05, 4.69) is 31.2 Å². The van der Waals surface area contributed by atoms with E-state index in [-0.39, 0.29) is 12.5 Å². The van der Waals surface area contributed by atoms with Gasteiger partial charge in [-0.3, -0.25) is 14.8 Å². The smallest absolute Gasteiger partial charge is 0.264 e. The Morgan fingerprint density at radius 3 is 2.82 bits per heavy atom. The zero-order valence-corrected chi connectivity index (χ0v) is 17.1. The summed E-state index contributed by atoms with van der Waals surface area (Å²) in [5.41, 5.74) is 2.72. The van der Waals surface area contributed by atoms with Crippen LogP contribution in [0.25, 0.3) is 17.0 Å². The van der Waals surface area contributed by atoms with Crippen LogP contribution >= 0.6 is 27.7 Å². The zero-order valence-electron chi connectivity index (χ0n) is 14.7. The summed E-state index contributed by atoms with van der Waals surface area (Å²) in [5, 5.41) is 14.0. The van der Waals surface area contributed by atoms with Crippen LogP contribution in [-0.2, 0) is 4.79 Å². The molecule has 1 aliphatic heterocycles. The number of amidine groups is 1. The van der Waals surface area contributed by atoms with Gasteiger partial charge in [0, 0.05) is 16.1 Å². The summed E-state index contributed by atoms with van der Waals surface area (Å²) in [5.74, 6) is -0.192. The molecule has 0 saturated carbocycles. The van der Waals surface area contributed by atoms with Gasteiger partial charge in [0.2, 0.25) is 0 Å². The van der Waals surface area contributed by atoms with Crippen LogP contribution in [0.15, 0.2) is 75.2 Å². The minimum Gasteiger partial charge on any atom is -0.394 e. The summed E-state index contributed by atoms with van der Waals surface area (Å²) in [7, 11) is 0. The fourth-order valence-electron chi connectivity index (χ4n) is 2.87. The first-order valence-corrected chi connectivity index (χ1v) is 10.2. The number of nitrogens with one attached hydrogen (secondary N) is 1. The van der Waals surface area contributed by atoms with E-state index in [0.717, 1.165) is 26.5 Å². The lowest BCUT2D eigenvalue weighted by atomic mass is 10.1. The minimum absolute atomic E-state index is 0.141. The number of aliphatic hydroxyl groups is 1. The molecule has 0 spiro atoms. The molecule has 7 heteroatoms. The van der Waals surface area contributed by atoms with E-state index in [1.165, 1.54) is 11.8 Å². The van der Waals surface area contributed by atoms with Crippen LogP contribution in [0.5, 0.6) is 0 Å². The first kappa shape index (κ1) is 18.9. The molecule has 1 amide bonds. The second-order valence-electron chi connectivity index (χ2n) is 6.20. The molecule has 5 nitrogen and oxygen atoms in total. The van der Waals surface area contributed by atoms with Crippen molar-refractivity contribution in [2.24, 2.45) is 4.99 Å². The van der Waals surface area contributed by atoms with Crippen molar-refractivity contribution >= 4 is 55.7 Å². The Hall–Kier alpha value is -2.48. The SMILES string of the molecule is O=C1NC(=NC(CO)c2ccc(Br)cc2)S/C1=C\c1ccc2ncccc2c1. The van der Waals surface area contributed by atoms with Crippen LogP contribution in [0.4, 0.5) is 0 Å². The van der Waals surface area contributed by atoms with Gasteiger partial charge in [-0.15, -0.1) is 0 Å². The summed E-state index contributed by atoms with van der Waals surface area (Å²) in [4.78, 5) is 21.7. The maximum Gasteiger partial charge on any atom is 0.264 e. The predicted molar refractivity (Wildman–Crippen MR) is 117 cm³/mol. The fourth-order valence-corrected chi connectivity index (χ4v) is 4.01. The van der Waals surface area contributed by atoms with E-state index in [1.54, 1.807) is 6.20 Å². The highest BCUT2D eigenvalue weighted by molar-refractivity contribution is 9.10. The second-order valence-corrected chi connectivity index (χ2v) is 8.15. The Morgan fingerprint density at radius 1 is 1.21 bits per heavy atom. The number of hydrogen-bond acceptors (Lipinski definition) is 5. The molecular formula is C21H16BrN3O2S. The molecule has 1 fully saturated rings. The third-order valence-corrected chi connectivity index (χ3v) is 5.73. The van der Waals surface area contributed by atoms with Crippen LogP contribution in [0.3, 0.4) is 0 Å². The minimum atomic E-state index is -0.429. The van der Waals surface area contributed by atoms with Gasteiger partial charge < -0.3 is 10.4 Å². The van der Waals surface area contributed by atoms with E-state index in [0.29, 0.717) is 10.1 Å². The number of hydrogen-bond donors (Lipinski definition) is 2. The number of aliphatic hydroxyl groups excluding tert-OH is 1. The molecule has 140 valence electrons. The number of nitrogens with zero attached hydrogens (tertiary/aromatic N) is 2. The highest BCUT2D eigenvalue weighted by Gasteiger charge is 2.25. The molecule has 3 aromatic rings. The molecule has 1 aliphatic rings. The third kappa shape index (κ3) is 4.16. The van der Waals surface area contributed by atoms with Crippen molar-refractivity contribution in [2.75, 3.05) is 6.61 Å². The van der Waals surface area contributed by atoms with Crippen molar-refractivity contribution in [1.29, 1.82) is 0 Å². The maximum atomic E-state index is 12.3. The summed E-state index contributed by atoms with van der Waals surface area (Å²) in [6.45, 7) is -0.141. The van der Waals surface area contributed by atoms with Crippen molar-refractivity contribution in [3.63, 3.8) is 0 Å². The molecule has 0 bridgehead atoms. The third-order valence-electron chi connectivity index (χ3n) is 4.28. The summed E-state index contributed by atoms with van der Waals surface area (Å²) in [6, 6.07) is 16.9. The molecule has 2 N–H and O–H groups in total. The van der Waals surface area contributed by atoms with Crippen LogP contribution in [-0.4, -0.2) is 27.8 Å². The number of fused-ring (bicyclic) bond motifs is 1. The van der Waals surface area contributed by atoms with E-state index >= 15 is 0 Å². The Labute approximate surface area is 174 Å². The van der Waals surface area contributed by atoms with Crippen molar-refractivity contribution in [1.82, 2.24) is 10.3 Å². The Bertz CT molecular complexity index is 1100. The molecular weight excluding hydrogens is 438 g/mol. The van der Waals surface area contributed by atoms with Gasteiger partial charge in [-0.1, -0.05) is 40.2 Å². The Morgan fingerprint density at radius 2 is 2.04 bits per heavy atom. The van der Waals surface area contributed by atoms with Gasteiger partial charge in [-0.05, 0) is 59.3 Å². The molecule has 4 rings (SSSR count). The number of halogens is 1. The number of benzene rings is 2. The standard InChI is InChI=1S/C21H16BrN3O2S/c22-16-6-4-14(5-7-16)18(12-26)24-21-25-20(27)19(28-21)11-13-3-8-17-15(10-13)2-1-9-23-17/h1-11,18,26H,12H2,(H,24,25,27)/b19-11-. The Balaban J connectivity index is 1.57. The zero-order chi connectivity index (χ0) is 19.5. The highest BCUT2D eigenvalue weighted by Crippen LogP contribution is 2.29. The van der Waals surface area contributed by atoms with Crippen LogP contribution in [0, 0.1) is 0 Å². The van der Waals surface area contributed by atoms with Crippen molar-refractivity contribution < 1.29 is 9.90 Å². The van der Waals surface area contributed by atoms with Gasteiger partial charge in [0.1, 0.15) is 6.04 Å². The number of carbonyl (C=O) groups excluding carboxylic acids is 1. The average Bonchev–Trinajstić information content (AvgIpc) is 3.05. The molecule has 1 atom stereocenters. The lowest BCUT2D eigenvalue weighted by Crippen LogP contribution is -2.21. The highest BCUT2D eigenvalue weighted by atomic mass is 79.9. The second kappa shape index (κ2) is 8.26. The van der Waals surface area contributed by atoms with Gasteiger partial charge in [0.05, 0.1) is 17.0 Å². The molecule has 1 aromatic heterocycles. The van der Waals surface area contributed by atoms with E-state index in [4.69, 9.17) is 0 Å². The molecule has 2 heterocycles. The van der Waals surface area contributed by atoms with Gasteiger partial charge >= 0.3 is 0 Å². The van der Waals surface area contributed by atoms with Crippen molar-refractivity contribution in [3.8, 4) is 0 Å². The topological polar surface area (TPSA) is 74.6 Å². The quantitative estimate of drug-likeness (QED) is 0.577. The van der Waals surface area contributed by atoms with Gasteiger partial charge in [0.15, 0.2) is 5.17 Å². The number of thioether (sulfide) groups is 1. The number of carbonyl (C=O) groups is 1. The molecule has 1 saturated heterocycles. The maximum absolute atomic E-state index is 12.3. The van der Waals surface area contributed by atoms with Gasteiger partial charge in [0.25, 0.3) is 5.91 Å². The first-order valence-electron chi connectivity index (χ1n) is 8.62. The number of aliphatic imine (C=N–C) groups is 1. The summed E-state index contributed by atoms with van der Waals surface area (Å²) >= 11 is 4.67. The lowest BCUT2D eigenvalue weighted by Gasteiger charge is -2.10. The van der Waals surface area contributed by atoms with Gasteiger partial charge in [-0.25, -0.2) is 0 Å². The number of pyridine rings is 1. The van der Waals surface area contributed by atoms with Crippen molar-refractivity contribution in [3.05, 3.63) is 81.3 Å². The first-order chi connectivity index (χ1) is 13.6. The molecule has 28 heavy (non-hydrogen) atoms. The largest absolute Gasteiger partial charge is 0.394 e. The molecule has 0 radical (unpaired) electrons. The monoisotopic (exact) mass is 453 g/mol. The molecule has 0 aliphatic carbocycles. The van der Waals surface area contributed by atoms with Crippen LogP contribution in [0.1, 0.15) is 17.2 Å². The molecule has 1 unspecified atom stereocenters. The number of aromatic nitrogens is 1. The number of rotatable bonds is 4. The predicted octanol–water partition coefficient (Wildman–Crippen LogP) is 4.29. The Kier molecular flexibility index (Phi) is 5.57. The van der Waals surface area contributed by atoms with Gasteiger partial charge in [-0.2, -0.15) is 0 Å². The lowest BCUT2D eigenvalue weighted by molar-refractivity contribution is -0.115. The van der Waals surface area contributed by atoms with E-state index in [1.807, 2.05) is 60.7 Å². The molecule has 2 aromatic carbocycles. The van der Waals surface area contributed by atoms with E-state index in [9.17, 15) is 9.90 Å². The number of amides is 1.